The fourth-order valence-electron chi connectivity index (χ4n) is 2.24. The van der Waals surface area contributed by atoms with Crippen LogP contribution < -0.4 is 14.8 Å². The summed E-state index contributed by atoms with van der Waals surface area (Å²) in [5, 5.41) is 2.87. The van der Waals surface area contributed by atoms with Crippen LogP contribution in [0.5, 0.6) is 11.5 Å². The van der Waals surface area contributed by atoms with Crippen molar-refractivity contribution in [2.24, 2.45) is 0 Å². The highest BCUT2D eigenvalue weighted by atomic mass is 16.5. The number of nitrogens with one attached hydrogen (secondary N) is 1. The smallest absolute Gasteiger partial charge is 0.255 e. The van der Waals surface area contributed by atoms with Gasteiger partial charge in [0.05, 0.1) is 6.61 Å². The van der Waals surface area contributed by atoms with E-state index in [1.54, 1.807) is 18.2 Å². The Morgan fingerprint density at radius 3 is 2.28 bits per heavy atom. The molecule has 2 aromatic carbocycles. The number of benzene rings is 2. The molecular formula is C21H25NO3. The molecule has 0 unspecified atom stereocenters. The molecule has 0 aliphatic heterocycles. The normalized spacial score (nSPS) is 10.1. The van der Waals surface area contributed by atoms with Crippen molar-refractivity contribution in [1.29, 1.82) is 0 Å². The molecule has 4 nitrogen and oxygen atoms in total. The van der Waals surface area contributed by atoms with Crippen molar-refractivity contribution in [3.63, 3.8) is 0 Å². The molecule has 0 radical (unpaired) electrons. The quantitative estimate of drug-likeness (QED) is 0.485. The van der Waals surface area contributed by atoms with Crippen molar-refractivity contribution in [2.75, 3.05) is 18.5 Å². The summed E-state index contributed by atoms with van der Waals surface area (Å²) in [5.74, 6) is 1.37. The number of hydrogen-bond donors (Lipinski definition) is 1. The van der Waals surface area contributed by atoms with E-state index in [4.69, 9.17) is 9.47 Å². The lowest BCUT2D eigenvalue weighted by molar-refractivity contribution is 0.102. The summed E-state index contributed by atoms with van der Waals surface area (Å²) >= 11 is 0. The summed E-state index contributed by atoms with van der Waals surface area (Å²) in [6.45, 7) is 6.93. The zero-order valence-electron chi connectivity index (χ0n) is 14.7. The number of carbonyl (C=O) groups excluding carboxylic acids is 1. The van der Waals surface area contributed by atoms with Crippen LogP contribution in [0.1, 0.15) is 36.5 Å². The maximum absolute atomic E-state index is 12.3. The number of anilines is 1. The van der Waals surface area contributed by atoms with Gasteiger partial charge in [-0.3, -0.25) is 4.79 Å². The first-order valence-electron chi connectivity index (χ1n) is 8.61. The number of rotatable bonds is 10. The number of carbonyl (C=O) groups is 1. The Labute approximate surface area is 149 Å². The lowest BCUT2D eigenvalue weighted by atomic mass is 10.2. The van der Waals surface area contributed by atoms with E-state index in [0.29, 0.717) is 18.8 Å². The third kappa shape index (κ3) is 6.34. The van der Waals surface area contributed by atoms with Gasteiger partial charge < -0.3 is 14.8 Å². The van der Waals surface area contributed by atoms with Gasteiger partial charge in [0.2, 0.25) is 0 Å². The van der Waals surface area contributed by atoms with E-state index in [0.717, 1.165) is 30.0 Å². The molecule has 0 aliphatic carbocycles. The van der Waals surface area contributed by atoms with Gasteiger partial charge in [0.25, 0.3) is 5.91 Å². The monoisotopic (exact) mass is 339 g/mol. The van der Waals surface area contributed by atoms with Gasteiger partial charge in [0, 0.05) is 11.3 Å². The third-order valence-electron chi connectivity index (χ3n) is 3.61. The molecule has 25 heavy (non-hydrogen) atoms. The van der Waals surface area contributed by atoms with Gasteiger partial charge in [-0.25, -0.2) is 0 Å². The van der Waals surface area contributed by atoms with Crippen LogP contribution in [-0.2, 0) is 0 Å². The molecule has 2 aromatic rings. The van der Waals surface area contributed by atoms with Crippen molar-refractivity contribution in [3.8, 4) is 11.5 Å². The molecule has 0 spiro atoms. The summed E-state index contributed by atoms with van der Waals surface area (Å²) in [4.78, 5) is 12.3. The molecular weight excluding hydrogens is 314 g/mol. The average molecular weight is 339 g/mol. The van der Waals surface area contributed by atoms with Crippen LogP contribution in [-0.4, -0.2) is 19.1 Å². The Morgan fingerprint density at radius 2 is 1.64 bits per heavy atom. The van der Waals surface area contributed by atoms with E-state index in [9.17, 15) is 4.79 Å². The van der Waals surface area contributed by atoms with Gasteiger partial charge in [0.15, 0.2) is 0 Å². The molecule has 0 aromatic heterocycles. The maximum atomic E-state index is 12.3. The highest BCUT2D eigenvalue weighted by molar-refractivity contribution is 6.04. The predicted molar refractivity (Wildman–Crippen MR) is 102 cm³/mol. The molecule has 1 amide bonds. The maximum Gasteiger partial charge on any atom is 0.255 e. The summed E-state index contributed by atoms with van der Waals surface area (Å²) in [5.41, 5.74) is 1.31. The van der Waals surface area contributed by atoms with Gasteiger partial charge in [-0.2, -0.15) is 0 Å². The fourth-order valence-corrected chi connectivity index (χ4v) is 2.24. The Kier molecular flexibility index (Phi) is 7.57. The third-order valence-corrected chi connectivity index (χ3v) is 3.61. The van der Waals surface area contributed by atoms with Crippen molar-refractivity contribution in [1.82, 2.24) is 0 Å². The van der Waals surface area contributed by atoms with E-state index in [2.05, 4.69) is 18.8 Å². The minimum atomic E-state index is -0.155. The Hall–Kier alpha value is -2.75. The number of hydrogen-bond acceptors (Lipinski definition) is 3. The minimum absolute atomic E-state index is 0.155. The summed E-state index contributed by atoms with van der Waals surface area (Å²) < 4.78 is 11.1. The highest BCUT2D eigenvalue weighted by Crippen LogP contribution is 2.18. The van der Waals surface area contributed by atoms with Crippen LogP contribution in [0.25, 0.3) is 0 Å². The molecule has 0 aliphatic rings. The predicted octanol–water partition coefficient (Wildman–Crippen LogP) is 5.07. The molecule has 0 fully saturated rings. The first-order valence-corrected chi connectivity index (χ1v) is 8.61. The van der Waals surface area contributed by atoms with Crippen molar-refractivity contribution in [2.45, 2.75) is 26.2 Å². The van der Waals surface area contributed by atoms with Crippen LogP contribution in [0.2, 0.25) is 0 Å². The van der Waals surface area contributed by atoms with Crippen LogP contribution in [0.15, 0.2) is 61.2 Å². The van der Waals surface area contributed by atoms with Gasteiger partial charge in [-0.1, -0.05) is 32.4 Å². The molecule has 1 N–H and O–H groups in total. The molecule has 0 saturated carbocycles. The Morgan fingerprint density at radius 1 is 1.00 bits per heavy atom. The second kappa shape index (κ2) is 10.2. The molecule has 0 saturated heterocycles. The number of amides is 1. The highest BCUT2D eigenvalue weighted by Gasteiger charge is 2.06. The molecule has 0 heterocycles. The van der Waals surface area contributed by atoms with Gasteiger partial charge in [0.1, 0.15) is 18.1 Å². The van der Waals surface area contributed by atoms with Crippen LogP contribution in [0.3, 0.4) is 0 Å². The molecule has 2 rings (SSSR count). The minimum Gasteiger partial charge on any atom is -0.494 e. The standard InChI is InChI=1S/C21H25NO3/c1-3-5-6-16-25-19-11-7-17(8-12-19)21(23)22-18-9-13-20(14-10-18)24-15-4-2/h4,7-14H,2-3,5-6,15-16H2,1H3,(H,22,23). The van der Waals surface area contributed by atoms with E-state index < -0.39 is 0 Å². The second-order valence-electron chi connectivity index (χ2n) is 5.66. The van der Waals surface area contributed by atoms with E-state index in [1.807, 2.05) is 36.4 Å². The second-order valence-corrected chi connectivity index (χ2v) is 5.66. The molecule has 0 atom stereocenters. The van der Waals surface area contributed by atoms with E-state index >= 15 is 0 Å². The molecule has 132 valence electrons. The zero-order chi connectivity index (χ0) is 17.9. The lowest BCUT2D eigenvalue weighted by Gasteiger charge is -2.09. The van der Waals surface area contributed by atoms with Crippen LogP contribution in [0, 0.1) is 0 Å². The summed E-state index contributed by atoms with van der Waals surface area (Å²) in [7, 11) is 0. The number of ether oxygens (including phenoxy) is 2. The van der Waals surface area contributed by atoms with Crippen molar-refractivity contribution in [3.05, 3.63) is 66.7 Å². The zero-order valence-corrected chi connectivity index (χ0v) is 14.7. The van der Waals surface area contributed by atoms with Crippen molar-refractivity contribution < 1.29 is 14.3 Å². The summed E-state index contributed by atoms with van der Waals surface area (Å²) in [6, 6.07) is 14.4. The number of unbranched alkanes of at least 4 members (excludes halogenated alkanes) is 2. The lowest BCUT2D eigenvalue weighted by Crippen LogP contribution is -2.11. The van der Waals surface area contributed by atoms with E-state index in [1.165, 1.54) is 6.42 Å². The molecule has 4 heteroatoms. The van der Waals surface area contributed by atoms with E-state index in [-0.39, 0.29) is 5.91 Å². The van der Waals surface area contributed by atoms with Crippen LogP contribution in [0.4, 0.5) is 5.69 Å². The first-order chi connectivity index (χ1) is 12.2. The largest absolute Gasteiger partial charge is 0.494 e. The van der Waals surface area contributed by atoms with Gasteiger partial charge in [-0.05, 0) is 55.0 Å². The average Bonchev–Trinajstić information content (AvgIpc) is 2.65. The topological polar surface area (TPSA) is 47.6 Å². The SMILES string of the molecule is C=CCOc1ccc(NC(=O)c2ccc(OCCCCC)cc2)cc1. The molecule has 0 bridgehead atoms. The van der Waals surface area contributed by atoms with Gasteiger partial charge >= 0.3 is 0 Å². The Balaban J connectivity index is 1.86. The Bertz CT molecular complexity index is 663. The van der Waals surface area contributed by atoms with Crippen molar-refractivity contribution >= 4 is 11.6 Å². The fraction of sp³-hybridized carbons (Fsp3) is 0.286. The van der Waals surface area contributed by atoms with Crippen LogP contribution >= 0.6 is 0 Å². The van der Waals surface area contributed by atoms with Gasteiger partial charge in [-0.15, -0.1) is 0 Å². The first kappa shape index (κ1) is 18.6. The summed E-state index contributed by atoms with van der Waals surface area (Å²) in [6.07, 6.45) is 5.07.